The Labute approximate surface area is 112 Å². The maximum atomic E-state index is 13.7. The zero-order valence-corrected chi connectivity index (χ0v) is 11.7. The van der Waals surface area contributed by atoms with Crippen LogP contribution in [0.3, 0.4) is 0 Å². The number of halogens is 2. The van der Waals surface area contributed by atoms with E-state index in [4.69, 9.17) is 16.3 Å². The lowest BCUT2D eigenvalue weighted by Gasteiger charge is -2.51. The molecule has 0 amide bonds. The predicted octanol–water partition coefficient (Wildman–Crippen LogP) is 3.38. The first-order valence-corrected chi connectivity index (χ1v) is 6.53. The summed E-state index contributed by atoms with van der Waals surface area (Å²) >= 11 is 5.76. The maximum absolute atomic E-state index is 13.7. The van der Waals surface area contributed by atoms with Crippen molar-refractivity contribution in [1.29, 1.82) is 0 Å². The Morgan fingerprint density at radius 2 is 2.22 bits per heavy atom. The summed E-state index contributed by atoms with van der Waals surface area (Å²) in [4.78, 5) is 0. The first-order chi connectivity index (χ1) is 8.46. The van der Waals surface area contributed by atoms with Crippen molar-refractivity contribution in [3.05, 3.63) is 34.6 Å². The molecule has 0 spiro atoms. The van der Waals surface area contributed by atoms with Crippen molar-refractivity contribution in [2.45, 2.75) is 39.0 Å². The van der Waals surface area contributed by atoms with Crippen molar-refractivity contribution >= 4 is 11.6 Å². The van der Waals surface area contributed by atoms with Gasteiger partial charge < -0.3 is 10.1 Å². The zero-order valence-electron chi connectivity index (χ0n) is 11.0. The van der Waals surface area contributed by atoms with Gasteiger partial charge in [-0.3, -0.25) is 0 Å². The number of nitrogens with one attached hydrogen (secondary N) is 1. The van der Waals surface area contributed by atoms with Crippen molar-refractivity contribution in [2.24, 2.45) is 5.41 Å². The monoisotopic (exact) mass is 271 g/mol. The van der Waals surface area contributed by atoms with Crippen LogP contribution in [0.5, 0.6) is 0 Å². The average molecular weight is 272 g/mol. The van der Waals surface area contributed by atoms with Crippen LogP contribution in [0.4, 0.5) is 4.39 Å². The summed E-state index contributed by atoms with van der Waals surface area (Å²) in [5, 5.41) is 3.56. The number of benzene rings is 1. The summed E-state index contributed by atoms with van der Waals surface area (Å²) in [6.07, 6.45) is 1.24. The third kappa shape index (κ3) is 2.40. The molecule has 1 fully saturated rings. The number of ether oxygens (including phenoxy) is 1. The van der Waals surface area contributed by atoms with Gasteiger partial charge in [0.1, 0.15) is 5.82 Å². The van der Waals surface area contributed by atoms with Gasteiger partial charge in [-0.25, -0.2) is 4.39 Å². The lowest BCUT2D eigenvalue weighted by Crippen LogP contribution is -2.60. The molecular weight excluding hydrogens is 253 g/mol. The smallest absolute Gasteiger partial charge is 0.146 e. The van der Waals surface area contributed by atoms with E-state index in [1.54, 1.807) is 25.3 Å². The molecule has 18 heavy (non-hydrogen) atoms. The van der Waals surface area contributed by atoms with Crippen molar-refractivity contribution in [2.75, 3.05) is 7.11 Å². The second-order valence-corrected chi connectivity index (χ2v) is 5.84. The lowest BCUT2D eigenvalue weighted by atomic mass is 9.64. The fraction of sp³-hybridized carbons (Fsp3) is 0.571. The SMILES string of the molecule is COC1CC(NCc2cccc(Cl)c2F)C1(C)C. The van der Waals surface area contributed by atoms with Gasteiger partial charge in [0.25, 0.3) is 0 Å². The highest BCUT2D eigenvalue weighted by Gasteiger charge is 2.48. The van der Waals surface area contributed by atoms with Gasteiger partial charge in [-0.1, -0.05) is 37.6 Å². The summed E-state index contributed by atoms with van der Waals surface area (Å²) in [6.45, 7) is 4.82. The van der Waals surface area contributed by atoms with E-state index in [0.29, 0.717) is 18.2 Å². The Bertz CT molecular complexity index is 436. The number of methoxy groups -OCH3 is 1. The van der Waals surface area contributed by atoms with Gasteiger partial charge in [-0.2, -0.15) is 0 Å². The molecular formula is C14H19ClFNO. The minimum absolute atomic E-state index is 0.0871. The van der Waals surface area contributed by atoms with Crippen LogP contribution < -0.4 is 5.32 Å². The van der Waals surface area contributed by atoms with E-state index in [1.165, 1.54) is 0 Å². The van der Waals surface area contributed by atoms with Gasteiger partial charge >= 0.3 is 0 Å². The summed E-state index contributed by atoms with van der Waals surface area (Å²) in [5.41, 5.74) is 0.697. The minimum atomic E-state index is -0.327. The van der Waals surface area contributed by atoms with Crippen LogP contribution in [-0.4, -0.2) is 19.3 Å². The average Bonchev–Trinajstić information content (AvgIpc) is 2.33. The molecule has 2 atom stereocenters. The van der Waals surface area contributed by atoms with Crippen LogP contribution in [0.25, 0.3) is 0 Å². The van der Waals surface area contributed by atoms with Crippen LogP contribution in [-0.2, 0) is 11.3 Å². The molecule has 0 aliphatic heterocycles. The van der Waals surface area contributed by atoms with E-state index in [-0.39, 0.29) is 22.4 Å². The highest BCUT2D eigenvalue weighted by Crippen LogP contribution is 2.42. The molecule has 2 rings (SSSR count). The van der Waals surface area contributed by atoms with Crippen molar-refractivity contribution in [3.63, 3.8) is 0 Å². The molecule has 1 aliphatic carbocycles. The molecule has 1 aromatic rings. The molecule has 0 radical (unpaired) electrons. The second-order valence-electron chi connectivity index (χ2n) is 5.43. The Hall–Kier alpha value is -0.640. The van der Waals surface area contributed by atoms with E-state index in [0.717, 1.165) is 6.42 Å². The second kappa shape index (κ2) is 5.16. The Morgan fingerprint density at radius 1 is 1.50 bits per heavy atom. The quantitative estimate of drug-likeness (QED) is 0.906. The zero-order chi connectivity index (χ0) is 13.3. The molecule has 4 heteroatoms. The molecule has 1 saturated carbocycles. The lowest BCUT2D eigenvalue weighted by molar-refractivity contribution is -0.0979. The van der Waals surface area contributed by atoms with Crippen LogP contribution in [0.15, 0.2) is 18.2 Å². The summed E-state index contributed by atoms with van der Waals surface area (Å²) in [5.74, 6) is -0.327. The largest absolute Gasteiger partial charge is 0.381 e. The molecule has 0 aromatic heterocycles. The standard InChI is InChI=1S/C14H19ClFNO/c1-14(2)11(7-12(14)18-3)17-8-9-5-4-6-10(15)13(9)16/h4-6,11-12,17H,7-8H2,1-3H3. The normalized spacial score (nSPS) is 25.8. The predicted molar refractivity (Wildman–Crippen MR) is 71.2 cm³/mol. The van der Waals surface area contributed by atoms with Crippen LogP contribution in [0.2, 0.25) is 5.02 Å². The molecule has 2 nitrogen and oxygen atoms in total. The number of rotatable bonds is 4. The fourth-order valence-corrected chi connectivity index (χ4v) is 2.74. The van der Waals surface area contributed by atoms with Crippen LogP contribution in [0.1, 0.15) is 25.8 Å². The first kappa shape index (κ1) is 13.8. The summed E-state index contributed by atoms with van der Waals surface area (Å²) in [7, 11) is 1.74. The number of hydrogen-bond acceptors (Lipinski definition) is 2. The third-order valence-corrected chi connectivity index (χ3v) is 4.32. The highest BCUT2D eigenvalue weighted by atomic mass is 35.5. The van der Waals surface area contributed by atoms with Gasteiger partial charge in [0.05, 0.1) is 11.1 Å². The molecule has 1 aromatic carbocycles. The molecule has 100 valence electrons. The van der Waals surface area contributed by atoms with Crippen molar-refractivity contribution in [3.8, 4) is 0 Å². The van der Waals surface area contributed by atoms with E-state index >= 15 is 0 Å². The first-order valence-electron chi connectivity index (χ1n) is 6.16. The highest BCUT2D eigenvalue weighted by molar-refractivity contribution is 6.30. The maximum Gasteiger partial charge on any atom is 0.146 e. The third-order valence-electron chi connectivity index (χ3n) is 4.03. The van der Waals surface area contributed by atoms with Gasteiger partial charge in [-0.05, 0) is 12.5 Å². The molecule has 2 unspecified atom stereocenters. The Kier molecular flexibility index (Phi) is 3.95. The van der Waals surface area contributed by atoms with E-state index in [9.17, 15) is 4.39 Å². The van der Waals surface area contributed by atoms with Crippen LogP contribution in [0, 0.1) is 11.2 Å². The number of hydrogen-bond donors (Lipinski definition) is 1. The van der Waals surface area contributed by atoms with E-state index in [2.05, 4.69) is 19.2 Å². The van der Waals surface area contributed by atoms with Gasteiger partial charge in [0, 0.05) is 30.7 Å². The van der Waals surface area contributed by atoms with Crippen LogP contribution >= 0.6 is 11.6 Å². The van der Waals surface area contributed by atoms with E-state index < -0.39 is 0 Å². The van der Waals surface area contributed by atoms with Gasteiger partial charge in [0.2, 0.25) is 0 Å². The molecule has 1 N–H and O–H groups in total. The Morgan fingerprint density at radius 3 is 2.83 bits per heavy atom. The van der Waals surface area contributed by atoms with Crippen molar-refractivity contribution < 1.29 is 9.13 Å². The Balaban J connectivity index is 1.95. The molecule has 0 heterocycles. The van der Waals surface area contributed by atoms with Gasteiger partial charge in [-0.15, -0.1) is 0 Å². The molecule has 0 bridgehead atoms. The summed E-state index contributed by atoms with van der Waals surface area (Å²) < 4.78 is 19.1. The van der Waals surface area contributed by atoms with Gasteiger partial charge in [0.15, 0.2) is 0 Å². The fourth-order valence-electron chi connectivity index (χ4n) is 2.55. The molecule has 0 saturated heterocycles. The topological polar surface area (TPSA) is 21.3 Å². The van der Waals surface area contributed by atoms with Crippen molar-refractivity contribution in [1.82, 2.24) is 5.32 Å². The van der Waals surface area contributed by atoms with E-state index in [1.807, 2.05) is 0 Å². The summed E-state index contributed by atoms with van der Waals surface area (Å²) in [6, 6.07) is 5.44. The minimum Gasteiger partial charge on any atom is -0.381 e. The molecule has 1 aliphatic rings.